The van der Waals surface area contributed by atoms with Gasteiger partial charge in [0.2, 0.25) is 15.8 Å². The van der Waals surface area contributed by atoms with E-state index in [0.29, 0.717) is 46.2 Å². The molecule has 168 valence electrons. The van der Waals surface area contributed by atoms with Crippen LogP contribution in [-0.4, -0.2) is 36.0 Å². The smallest absolute Gasteiger partial charge is 0.294 e. The first-order valence-electron chi connectivity index (χ1n) is 10.5. The SMILES string of the molecule is CCCCN(CC)S(=O)(=O)c1ccc2oc(-c3nc(-c4ccccc4Cl)no3)c(C)c2c1. The van der Waals surface area contributed by atoms with Crippen LogP contribution in [0.5, 0.6) is 0 Å². The number of unbranched alkanes of at least 4 members (excludes halogenated alkanes) is 1. The van der Waals surface area contributed by atoms with Gasteiger partial charge in [-0.2, -0.15) is 9.29 Å². The van der Waals surface area contributed by atoms with Gasteiger partial charge < -0.3 is 8.94 Å². The zero-order valence-corrected chi connectivity index (χ0v) is 19.7. The molecule has 2 aromatic heterocycles. The number of hydrogen-bond donors (Lipinski definition) is 0. The molecule has 2 aromatic carbocycles. The summed E-state index contributed by atoms with van der Waals surface area (Å²) in [5, 5.41) is 5.22. The minimum absolute atomic E-state index is 0.205. The lowest BCUT2D eigenvalue weighted by molar-refractivity contribution is 0.418. The molecule has 0 aliphatic rings. The molecule has 0 amide bonds. The van der Waals surface area contributed by atoms with Crippen molar-refractivity contribution in [3.8, 4) is 23.0 Å². The van der Waals surface area contributed by atoms with E-state index in [4.69, 9.17) is 20.5 Å². The molecule has 4 rings (SSSR count). The van der Waals surface area contributed by atoms with Crippen molar-refractivity contribution in [3.63, 3.8) is 0 Å². The maximum Gasteiger partial charge on any atom is 0.294 e. The standard InChI is InChI=1S/C23H24ClN3O4S/c1-4-6-13-27(5-2)32(28,29)16-11-12-20-18(14-16)15(3)21(30-20)23-25-22(26-31-23)17-9-7-8-10-19(17)24/h7-12,14H,4-6,13H2,1-3H3. The fourth-order valence-electron chi connectivity index (χ4n) is 3.56. The van der Waals surface area contributed by atoms with E-state index in [9.17, 15) is 8.42 Å². The van der Waals surface area contributed by atoms with Crippen LogP contribution in [0.1, 0.15) is 32.3 Å². The number of aryl methyl sites for hydroxylation is 1. The van der Waals surface area contributed by atoms with E-state index in [2.05, 4.69) is 10.1 Å². The second-order valence-corrected chi connectivity index (χ2v) is 9.81. The number of sulfonamides is 1. The lowest BCUT2D eigenvalue weighted by atomic mass is 10.1. The van der Waals surface area contributed by atoms with Gasteiger partial charge in [0.15, 0.2) is 5.76 Å². The van der Waals surface area contributed by atoms with Crippen LogP contribution in [0.4, 0.5) is 0 Å². The Balaban J connectivity index is 1.72. The first-order valence-corrected chi connectivity index (χ1v) is 12.3. The number of aromatic nitrogens is 2. The van der Waals surface area contributed by atoms with Gasteiger partial charge in [0.1, 0.15) is 5.58 Å². The molecule has 7 nitrogen and oxygen atoms in total. The van der Waals surface area contributed by atoms with E-state index in [1.54, 1.807) is 30.3 Å². The Kier molecular flexibility index (Phi) is 6.37. The number of fused-ring (bicyclic) bond motifs is 1. The Morgan fingerprint density at radius 3 is 2.62 bits per heavy atom. The van der Waals surface area contributed by atoms with Crippen LogP contribution in [0.3, 0.4) is 0 Å². The van der Waals surface area contributed by atoms with Crippen molar-refractivity contribution in [1.82, 2.24) is 14.4 Å². The molecule has 0 atom stereocenters. The Hall–Kier alpha value is -2.68. The van der Waals surface area contributed by atoms with E-state index in [1.807, 2.05) is 32.9 Å². The van der Waals surface area contributed by atoms with Crippen molar-refractivity contribution in [3.05, 3.63) is 53.1 Å². The first-order chi connectivity index (χ1) is 15.4. The molecule has 0 aliphatic heterocycles. The number of furan rings is 1. The molecule has 0 saturated heterocycles. The Morgan fingerprint density at radius 2 is 1.91 bits per heavy atom. The highest BCUT2D eigenvalue weighted by molar-refractivity contribution is 7.89. The Labute approximate surface area is 192 Å². The molecule has 0 N–H and O–H groups in total. The Morgan fingerprint density at radius 1 is 1.12 bits per heavy atom. The average Bonchev–Trinajstić information content (AvgIpc) is 3.39. The monoisotopic (exact) mass is 473 g/mol. The van der Waals surface area contributed by atoms with Crippen LogP contribution < -0.4 is 0 Å². The number of halogens is 1. The van der Waals surface area contributed by atoms with Crippen LogP contribution in [0, 0.1) is 6.92 Å². The molecule has 0 bridgehead atoms. The number of nitrogens with zero attached hydrogens (tertiary/aromatic N) is 3. The van der Waals surface area contributed by atoms with E-state index < -0.39 is 10.0 Å². The van der Waals surface area contributed by atoms with E-state index >= 15 is 0 Å². The van der Waals surface area contributed by atoms with Gasteiger partial charge in [-0.25, -0.2) is 8.42 Å². The van der Waals surface area contributed by atoms with Gasteiger partial charge in [-0.05, 0) is 43.7 Å². The molecule has 0 fully saturated rings. The van der Waals surface area contributed by atoms with E-state index in [0.717, 1.165) is 18.4 Å². The fraction of sp³-hybridized carbons (Fsp3) is 0.304. The van der Waals surface area contributed by atoms with E-state index in [-0.39, 0.29) is 10.8 Å². The number of benzene rings is 2. The van der Waals surface area contributed by atoms with Gasteiger partial charge in [-0.1, -0.05) is 49.2 Å². The summed E-state index contributed by atoms with van der Waals surface area (Å²) in [5.74, 6) is 0.957. The van der Waals surface area contributed by atoms with Crippen molar-refractivity contribution >= 4 is 32.6 Å². The summed E-state index contributed by atoms with van der Waals surface area (Å²) < 4.78 is 39.1. The molecule has 2 heterocycles. The molecule has 32 heavy (non-hydrogen) atoms. The third-order valence-electron chi connectivity index (χ3n) is 5.39. The second-order valence-electron chi connectivity index (χ2n) is 7.47. The van der Waals surface area contributed by atoms with Crippen molar-refractivity contribution < 1.29 is 17.4 Å². The normalized spacial score (nSPS) is 12.2. The van der Waals surface area contributed by atoms with Crippen LogP contribution in [-0.2, 0) is 10.0 Å². The summed E-state index contributed by atoms with van der Waals surface area (Å²) in [5.41, 5.74) is 1.92. The summed E-state index contributed by atoms with van der Waals surface area (Å²) in [6.45, 7) is 6.64. The topological polar surface area (TPSA) is 89.4 Å². The molecule has 0 aliphatic carbocycles. The first kappa shape index (κ1) is 22.5. The third kappa shape index (κ3) is 4.05. The predicted molar refractivity (Wildman–Crippen MR) is 124 cm³/mol. The molecule has 0 saturated carbocycles. The van der Waals surface area contributed by atoms with Crippen LogP contribution >= 0.6 is 11.6 Å². The highest BCUT2D eigenvalue weighted by Gasteiger charge is 2.25. The lowest BCUT2D eigenvalue weighted by Gasteiger charge is -2.20. The zero-order valence-electron chi connectivity index (χ0n) is 18.1. The van der Waals surface area contributed by atoms with Crippen LogP contribution in [0.25, 0.3) is 34.0 Å². The van der Waals surface area contributed by atoms with Gasteiger partial charge >= 0.3 is 0 Å². The van der Waals surface area contributed by atoms with Gasteiger partial charge in [-0.3, -0.25) is 0 Å². The van der Waals surface area contributed by atoms with Crippen molar-refractivity contribution in [2.45, 2.75) is 38.5 Å². The fourth-order valence-corrected chi connectivity index (χ4v) is 5.30. The highest BCUT2D eigenvalue weighted by Crippen LogP contribution is 2.35. The van der Waals surface area contributed by atoms with E-state index in [1.165, 1.54) is 4.31 Å². The van der Waals surface area contributed by atoms with Crippen molar-refractivity contribution in [1.29, 1.82) is 0 Å². The molecule has 0 radical (unpaired) electrons. The van der Waals surface area contributed by atoms with Gasteiger partial charge in [0.25, 0.3) is 5.89 Å². The van der Waals surface area contributed by atoms with Gasteiger partial charge in [0, 0.05) is 29.6 Å². The highest BCUT2D eigenvalue weighted by atomic mass is 35.5. The summed E-state index contributed by atoms with van der Waals surface area (Å²) in [6.07, 6.45) is 1.74. The summed E-state index contributed by atoms with van der Waals surface area (Å²) in [6, 6.07) is 12.1. The average molecular weight is 474 g/mol. The Bertz CT molecular complexity index is 1360. The summed E-state index contributed by atoms with van der Waals surface area (Å²) >= 11 is 6.23. The minimum atomic E-state index is -3.60. The van der Waals surface area contributed by atoms with Crippen LogP contribution in [0.15, 0.2) is 56.3 Å². The van der Waals surface area contributed by atoms with Gasteiger partial charge in [-0.15, -0.1) is 0 Å². The molecule has 0 spiro atoms. The largest absolute Gasteiger partial charge is 0.451 e. The maximum atomic E-state index is 13.1. The zero-order chi connectivity index (χ0) is 22.9. The summed E-state index contributed by atoms with van der Waals surface area (Å²) in [4.78, 5) is 4.67. The quantitative estimate of drug-likeness (QED) is 0.315. The third-order valence-corrected chi connectivity index (χ3v) is 7.69. The van der Waals surface area contributed by atoms with Crippen LogP contribution in [0.2, 0.25) is 5.02 Å². The number of hydrogen-bond acceptors (Lipinski definition) is 6. The molecular weight excluding hydrogens is 450 g/mol. The van der Waals surface area contributed by atoms with Crippen molar-refractivity contribution in [2.75, 3.05) is 13.1 Å². The molecular formula is C23H24ClN3O4S. The number of rotatable bonds is 8. The predicted octanol–water partition coefficient (Wildman–Crippen LogP) is 5.92. The molecule has 9 heteroatoms. The lowest BCUT2D eigenvalue weighted by Crippen LogP contribution is -2.31. The van der Waals surface area contributed by atoms with Crippen molar-refractivity contribution in [2.24, 2.45) is 0 Å². The molecule has 4 aromatic rings. The minimum Gasteiger partial charge on any atom is -0.451 e. The van der Waals surface area contributed by atoms with Gasteiger partial charge in [0.05, 0.1) is 9.92 Å². The second kappa shape index (κ2) is 9.05. The molecule has 0 unspecified atom stereocenters. The summed E-state index contributed by atoms with van der Waals surface area (Å²) in [7, 11) is -3.60. The maximum absolute atomic E-state index is 13.1.